The number of aromatic nitrogens is 3. The first-order valence-corrected chi connectivity index (χ1v) is 13.7. The molecule has 2 aromatic heterocycles. The van der Waals surface area contributed by atoms with E-state index in [0.717, 1.165) is 53.0 Å². The van der Waals surface area contributed by atoms with Gasteiger partial charge in [-0.05, 0) is 49.9 Å². The summed E-state index contributed by atoms with van der Waals surface area (Å²) < 4.78 is 37.3. The molecule has 0 amide bonds. The van der Waals surface area contributed by atoms with Crippen molar-refractivity contribution in [2.45, 2.75) is 45.2 Å². The zero-order valence-electron chi connectivity index (χ0n) is 19.9. The predicted molar refractivity (Wildman–Crippen MR) is 140 cm³/mol. The van der Waals surface area contributed by atoms with E-state index in [9.17, 15) is 8.42 Å². The number of ether oxygens (including phenoxy) is 1. The van der Waals surface area contributed by atoms with Gasteiger partial charge in [0.05, 0.1) is 35.5 Å². The molecule has 1 aliphatic rings. The first-order chi connectivity index (χ1) is 16.9. The van der Waals surface area contributed by atoms with Gasteiger partial charge < -0.3 is 19.6 Å². The van der Waals surface area contributed by atoms with Crippen molar-refractivity contribution in [2.24, 2.45) is 0 Å². The highest BCUT2D eigenvalue weighted by atomic mass is 32.2. The molecule has 1 saturated carbocycles. The van der Waals surface area contributed by atoms with Crippen LogP contribution in [-0.2, 0) is 16.6 Å². The monoisotopic (exact) mass is 493 g/mol. The van der Waals surface area contributed by atoms with Crippen molar-refractivity contribution in [2.75, 3.05) is 22.8 Å². The summed E-state index contributed by atoms with van der Waals surface area (Å²) in [6, 6.07) is 13.9. The van der Waals surface area contributed by atoms with Gasteiger partial charge in [0.1, 0.15) is 12.4 Å². The number of hydrogen-bond acceptors (Lipinski definition) is 5. The zero-order valence-corrected chi connectivity index (χ0v) is 20.7. The molecule has 2 heterocycles. The van der Waals surface area contributed by atoms with Crippen molar-refractivity contribution in [3.8, 4) is 17.0 Å². The SMILES string of the molecule is CCCS(=O)(=O)Nc1ccc(-c2c(N)c3ccc(OCCn4ccnc4)cc3n2C2CCC2)cc1. The van der Waals surface area contributed by atoms with E-state index in [2.05, 4.69) is 20.3 Å². The number of benzene rings is 2. The molecule has 0 radical (unpaired) electrons. The van der Waals surface area contributed by atoms with E-state index >= 15 is 0 Å². The molecule has 3 N–H and O–H groups in total. The van der Waals surface area contributed by atoms with Gasteiger partial charge in [0.2, 0.25) is 10.0 Å². The number of nitrogen functional groups attached to an aromatic ring is 1. The van der Waals surface area contributed by atoms with Crippen molar-refractivity contribution >= 4 is 32.3 Å². The molecule has 0 unspecified atom stereocenters. The van der Waals surface area contributed by atoms with E-state index in [1.54, 1.807) is 24.7 Å². The first kappa shape index (κ1) is 23.3. The van der Waals surface area contributed by atoms with Gasteiger partial charge in [-0.1, -0.05) is 19.1 Å². The molecule has 0 saturated heterocycles. The van der Waals surface area contributed by atoms with Crippen molar-refractivity contribution in [1.29, 1.82) is 0 Å². The Bertz CT molecular complexity index is 1410. The largest absolute Gasteiger partial charge is 0.492 e. The first-order valence-electron chi connectivity index (χ1n) is 12.1. The number of anilines is 2. The molecule has 8 nitrogen and oxygen atoms in total. The van der Waals surface area contributed by atoms with Crippen molar-refractivity contribution in [3.05, 3.63) is 61.2 Å². The third-order valence-electron chi connectivity index (χ3n) is 6.54. The Balaban J connectivity index is 1.46. The predicted octanol–water partition coefficient (Wildman–Crippen LogP) is 5.04. The van der Waals surface area contributed by atoms with Crippen LogP contribution in [0.5, 0.6) is 5.75 Å². The molecule has 0 aliphatic heterocycles. The molecule has 2 aromatic carbocycles. The second-order valence-corrected chi connectivity index (χ2v) is 10.9. The van der Waals surface area contributed by atoms with E-state index in [1.165, 1.54) is 6.42 Å². The maximum Gasteiger partial charge on any atom is 0.232 e. The highest BCUT2D eigenvalue weighted by Gasteiger charge is 2.27. The molecule has 1 aliphatic carbocycles. The summed E-state index contributed by atoms with van der Waals surface area (Å²) in [5.74, 6) is 0.910. The van der Waals surface area contributed by atoms with Crippen molar-refractivity contribution in [1.82, 2.24) is 14.1 Å². The molecule has 0 spiro atoms. The molecule has 9 heteroatoms. The van der Waals surface area contributed by atoms with E-state index < -0.39 is 10.0 Å². The molecule has 0 atom stereocenters. The van der Waals surface area contributed by atoms with Crippen LogP contribution in [0.2, 0.25) is 0 Å². The van der Waals surface area contributed by atoms with Crippen LogP contribution in [0, 0.1) is 0 Å². The highest BCUT2D eigenvalue weighted by molar-refractivity contribution is 7.92. The van der Waals surface area contributed by atoms with Gasteiger partial charge in [0.15, 0.2) is 0 Å². The van der Waals surface area contributed by atoms with E-state index in [4.69, 9.17) is 10.5 Å². The highest BCUT2D eigenvalue weighted by Crippen LogP contribution is 2.44. The topological polar surface area (TPSA) is 104 Å². The summed E-state index contributed by atoms with van der Waals surface area (Å²) in [6.07, 6.45) is 9.44. The van der Waals surface area contributed by atoms with Crippen LogP contribution in [0.15, 0.2) is 61.2 Å². The fourth-order valence-corrected chi connectivity index (χ4v) is 5.74. The minimum Gasteiger partial charge on any atom is -0.492 e. The molecule has 184 valence electrons. The van der Waals surface area contributed by atoms with Gasteiger partial charge >= 0.3 is 0 Å². The van der Waals surface area contributed by atoms with Gasteiger partial charge in [-0.25, -0.2) is 13.4 Å². The number of rotatable bonds is 10. The van der Waals surface area contributed by atoms with Gasteiger partial charge in [-0.2, -0.15) is 0 Å². The third kappa shape index (κ3) is 4.86. The Kier molecular flexibility index (Phi) is 6.42. The smallest absolute Gasteiger partial charge is 0.232 e. The fraction of sp³-hybridized carbons (Fsp3) is 0.346. The zero-order chi connectivity index (χ0) is 24.4. The normalized spacial score (nSPS) is 14.2. The van der Waals surface area contributed by atoms with E-state index in [-0.39, 0.29) is 5.75 Å². The van der Waals surface area contributed by atoms with Crippen molar-refractivity contribution in [3.63, 3.8) is 0 Å². The van der Waals surface area contributed by atoms with Gasteiger partial charge in [-0.3, -0.25) is 4.72 Å². The maximum atomic E-state index is 12.1. The standard InChI is InChI=1S/C26H31N5O3S/c1-2-16-35(32,33)29-20-8-6-19(7-9-20)26-25(27)23-11-10-22(34-15-14-30-13-12-28-18-30)17-24(23)31(26)21-4-3-5-21/h6-13,17-18,21,29H,2-5,14-16,27H2,1H3. The number of nitrogens with one attached hydrogen (secondary N) is 1. The Morgan fingerprint density at radius 2 is 1.97 bits per heavy atom. The van der Waals surface area contributed by atoms with E-state index in [0.29, 0.717) is 24.8 Å². The van der Waals surface area contributed by atoms with Crippen LogP contribution in [0.3, 0.4) is 0 Å². The van der Waals surface area contributed by atoms with Gasteiger partial charge in [0.25, 0.3) is 0 Å². The minimum atomic E-state index is -3.33. The number of nitrogens with zero attached hydrogens (tertiary/aromatic N) is 3. The summed E-state index contributed by atoms with van der Waals surface area (Å²) in [5, 5.41) is 1.00. The Labute approximate surface area is 205 Å². The van der Waals surface area contributed by atoms with Crippen LogP contribution in [0.1, 0.15) is 38.6 Å². The minimum absolute atomic E-state index is 0.102. The van der Waals surface area contributed by atoms with Gasteiger partial charge in [-0.15, -0.1) is 0 Å². The molecule has 4 aromatic rings. The average molecular weight is 494 g/mol. The molecule has 5 rings (SSSR count). The van der Waals surface area contributed by atoms with Crippen LogP contribution in [0.4, 0.5) is 11.4 Å². The lowest BCUT2D eigenvalue weighted by molar-refractivity contribution is 0.298. The lowest BCUT2D eigenvalue weighted by Crippen LogP contribution is -2.18. The quantitative estimate of drug-likeness (QED) is 0.322. The lowest BCUT2D eigenvalue weighted by Gasteiger charge is -2.30. The van der Waals surface area contributed by atoms with Crippen LogP contribution >= 0.6 is 0 Å². The average Bonchev–Trinajstić information content (AvgIpc) is 3.40. The number of sulfonamides is 1. The van der Waals surface area contributed by atoms with Crippen molar-refractivity contribution < 1.29 is 13.2 Å². The Morgan fingerprint density at radius 3 is 2.63 bits per heavy atom. The summed E-state index contributed by atoms with van der Waals surface area (Å²) in [5.41, 5.74) is 11.0. The third-order valence-corrected chi connectivity index (χ3v) is 8.03. The second kappa shape index (κ2) is 9.65. The van der Waals surface area contributed by atoms with Crippen LogP contribution in [0.25, 0.3) is 22.2 Å². The number of nitrogens with two attached hydrogens (primary N) is 1. The summed E-state index contributed by atoms with van der Waals surface area (Å²) in [7, 11) is -3.33. The molecule has 1 fully saturated rings. The molecule has 0 bridgehead atoms. The molecular formula is C26H31N5O3S. The summed E-state index contributed by atoms with van der Waals surface area (Å²) in [6.45, 7) is 3.12. The van der Waals surface area contributed by atoms with Gasteiger partial charge in [0, 0.05) is 41.1 Å². The number of imidazole rings is 1. The van der Waals surface area contributed by atoms with E-state index in [1.807, 2.05) is 42.0 Å². The van der Waals surface area contributed by atoms with Crippen LogP contribution < -0.4 is 15.2 Å². The van der Waals surface area contributed by atoms with Crippen LogP contribution in [-0.4, -0.2) is 34.9 Å². The second-order valence-electron chi connectivity index (χ2n) is 9.04. The molecular weight excluding hydrogens is 462 g/mol. The lowest BCUT2D eigenvalue weighted by atomic mass is 9.92. The number of fused-ring (bicyclic) bond motifs is 1. The summed E-state index contributed by atoms with van der Waals surface area (Å²) in [4.78, 5) is 4.06. The fourth-order valence-electron chi connectivity index (χ4n) is 4.61. The molecule has 35 heavy (non-hydrogen) atoms. The summed E-state index contributed by atoms with van der Waals surface area (Å²) >= 11 is 0. The Hall–Kier alpha value is -3.46. The number of hydrogen-bond donors (Lipinski definition) is 2. The maximum absolute atomic E-state index is 12.1. The Morgan fingerprint density at radius 1 is 1.17 bits per heavy atom.